The van der Waals surface area contributed by atoms with Gasteiger partial charge >= 0.3 is 5.97 Å². The zero-order valence-electron chi connectivity index (χ0n) is 18.8. The van der Waals surface area contributed by atoms with Crippen LogP contribution in [0.4, 0.5) is 0 Å². The van der Waals surface area contributed by atoms with Gasteiger partial charge in [0.05, 0.1) is 12.0 Å². The predicted molar refractivity (Wildman–Crippen MR) is 120 cm³/mol. The maximum atomic E-state index is 13.1. The van der Waals surface area contributed by atoms with Crippen molar-refractivity contribution in [2.75, 3.05) is 33.4 Å². The lowest BCUT2D eigenvalue weighted by molar-refractivity contribution is -0.124. The fraction of sp³-hybridized carbons (Fsp3) is 0.652. The molecule has 32 heavy (non-hydrogen) atoms. The molecule has 0 bridgehead atoms. The molecule has 1 aliphatic carbocycles. The van der Waals surface area contributed by atoms with Gasteiger partial charge in [0.25, 0.3) is 5.91 Å². The molecule has 1 N–H and O–H groups in total. The highest BCUT2D eigenvalue weighted by molar-refractivity contribution is 7.89. The summed E-state index contributed by atoms with van der Waals surface area (Å²) in [6, 6.07) is 4.17. The number of carbonyl (C=O) groups excluding carboxylic acids is 2. The standard InChI is InChI=1S/C23H34N2O6S/c1-30-21-12-11-19(32(28,29)25-13-7-2-3-8-14-25)15-20(21)23(27)31-17-22(26)24-16-18-9-5-4-6-10-18/h11-12,15,18H,2-10,13-14,16-17H2,1H3,(H,24,26). The predicted octanol–water partition coefficient (Wildman–Crippen LogP) is 3.11. The molecule has 1 saturated heterocycles. The molecule has 178 valence electrons. The summed E-state index contributed by atoms with van der Waals surface area (Å²) in [7, 11) is -2.33. The molecule has 0 unspecified atom stereocenters. The first kappa shape index (κ1) is 24.5. The van der Waals surface area contributed by atoms with Gasteiger partial charge in [-0.05, 0) is 49.8 Å². The molecule has 1 amide bonds. The van der Waals surface area contributed by atoms with Crippen LogP contribution in [-0.4, -0.2) is 58.0 Å². The Morgan fingerprint density at radius 1 is 1.03 bits per heavy atom. The molecule has 0 spiro atoms. The number of carbonyl (C=O) groups is 2. The molecule has 3 rings (SSSR count). The summed E-state index contributed by atoms with van der Waals surface area (Å²) in [6.07, 6.45) is 9.49. The van der Waals surface area contributed by atoms with Crippen molar-refractivity contribution in [3.05, 3.63) is 23.8 Å². The number of esters is 1. The number of hydrogen-bond donors (Lipinski definition) is 1. The molecule has 1 aromatic rings. The molecule has 1 saturated carbocycles. The molecular weight excluding hydrogens is 432 g/mol. The Labute approximate surface area is 190 Å². The Kier molecular flexibility index (Phi) is 8.92. The fourth-order valence-electron chi connectivity index (χ4n) is 4.35. The lowest BCUT2D eigenvalue weighted by atomic mass is 9.89. The van der Waals surface area contributed by atoms with Crippen molar-refractivity contribution in [3.63, 3.8) is 0 Å². The van der Waals surface area contributed by atoms with Crippen LogP contribution in [0.25, 0.3) is 0 Å². The quantitative estimate of drug-likeness (QED) is 0.591. The van der Waals surface area contributed by atoms with E-state index < -0.39 is 22.6 Å². The molecule has 0 aromatic heterocycles. The van der Waals surface area contributed by atoms with Crippen molar-refractivity contribution in [1.29, 1.82) is 0 Å². The number of ether oxygens (including phenoxy) is 2. The minimum atomic E-state index is -3.73. The first-order valence-electron chi connectivity index (χ1n) is 11.5. The average molecular weight is 467 g/mol. The van der Waals surface area contributed by atoms with Crippen LogP contribution in [0.2, 0.25) is 0 Å². The van der Waals surface area contributed by atoms with Crippen LogP contribution in [0.5, 0.6) is 5.75 Å². The second kappa shape index (κ2) is 11.7. The number of rotatable bonds is 8. The van der Waals surface area contributed by atoms with E-state index in [1.807, 2.05) is 0 Å². The highest BCUT2D eigenvalue weighted by Crippen LogP contribution is 2.27. The number of hydrogen-bond acceptors (Lipinski definition) is 6. The van der Waals surface area contributed by atoms with Crippen LogP contribution >= 0.6 is 0 Å². The number of amides is 1. The molecular formula is C23H34N2O6S. The van der Waals surface area contributed by atoms with E-state index in [4.69, 9.17) is 9.47 Å². The Hall–Kier alpha value is -2.13. The second-order valence-corrected chi connectivity index (χ2v) is 10.5. The molecule has 0 atom stereocenters. The van der Waals surface area contributed by atoms with Gasteiger partial charge < -0.3 is 14.8 Å². The summed E-state index contributed by atoms with van der Waals surface area (Å²) in [5.41, 5.74) is -0.0107. The zero-order valence-corrected chi connectivity index (χ0v) is 19.6. The number of benzene rings is 1. The van der Waals surface area contributed by atoms with Gasteiger partial charge in [-0.15, -0.1) is 0 Å². The van der Waals surface area contributed by atoms with Crippen LogP contribution in [0, 0.1) is 5.92 Å². The van der Waals surface area contributed by atoms with Crippen LogP contribution in [0.15, 0.2) is 23.1 Å². The Morgan fingerprint density at radius 2 is 1.69 bits per heavy atom. The number of sulfonamides is 1. The van der Waals surface area contributed by atoms with Crippen LogP contribution in [-0.2, 0) is 19.6 Å². The van der Waals surface area contributed by atoms with Crippen LogP contribution in [0.3, 0.4) is 0 Å². The SMILES string of the molecule is COc1ccc(S(=O)(=O)N2CCCCCC2)cc1C(=O)OCC(=O)NCC1CCCCC1. The second-order valence-electron chi connectivity index (χ2n) is 8.56. The van der Waals surface area contributed by atoms with E-state index >= 15 is 0 Å². The van der Waals surface area contributed by atoms with Gasteiger partial charge in [0.1, 0.15) is 11.3 Å². The van der Waals surface area contributed by atoms with E-state index in [-0.39, 0.29) is 22.1 Å². The number of methoxy groups -OCH3 is 1. The third kappa shape index (κ3) is 6.45. The van der Waals surface area contributed by atoms with Gasteiger partial charge in [-0.1, -0.05) is 32.1 Å². The average Bonchev–Trinajstić information content (AvgIpc) is 3.11. The highest BCUT2D eigenvalue weighted by Gasteiger charge is 2.27. The van der Waals surface area contributed by atoms with Crippen LogP contribution < -0.4 is 10.1 Å². The Morgan fingerprint density at radius 3 is 2.34 bits per heavy atom. The van der Waals surface area contributed by atoms with E-state index in [2.05, 4.69) is 5.32 Å². The van der Waals surface area contributed by atoms with Gasteiger partial charge in [0.15, 0.2) is 6.61 Å². The summed E-state index contributed by atoms with van der Waals surface area (Å²) in [5, 5.41) is 2.82. The van der Waals surface area contributed by atoms with E-state index in [9.17, 15) is 18.0 Å². The minimum absolute atomic E-state index is 0.0107. The maximum Gasteiger partial charge on any atom is 0.342 e. The molecule has 1 aromatic carbocycles. The Bertz CT molecular complexity index is 888. The van der Waals surface area contributed by atoms with Crippen molar-refractivity contribution in [1.82, 2.24) is 9.62 Å². The molecule has 9 heteroatoms. The van der Waals surface area contributed by atoms with Crippen LogP contribution in [0.1, 0.15) is 68.1 Å². The fourth-order valence-corrected chi connectivity index (χ4v) is 5.89. The number of nitrogens with one attached hydrogen (secondary N) is 1. The topological polar surface area (TPSA) is 102 Å². The van der Waals surface area contributed by atoms with Gasteiger partial charge in [-0.3, -0.25) is 4.79 Å². The van der Waals surface area contributed by atoms with E-state index in [0.717, 1.165) is 38.5 Å². The highest BCUT2D eigenvalue weighted by atomic mass is 32.2. The molecule has 1 aliphatic heterocycles. The van der Waals surface area contributed by atoms with Crippen molar-refractivity contribution < 1.29 is 27.5 Å². The van der Waals surface area contributed by atoms with Gasteiger partial charge in [0.2, 0.25) is 10.0 Å². The van der Waals surface area contributed by atoms with Crippen molar-refractivity contribution in [2.24, 2.45) is 5.92 Å². The van der Waals surface area contributed by atoms with E-state index in [1.54, 1.807) is 0 Å². The minimum Gasteiger partial charge on any atom is -0.496 e. The third-order valence-corrected chi connectivity index (χ3v) is 8.14. The lowest BCUT2D eigenvalue weighted by Gasteiger charge is -2.21. The zero-order chi connectivity index (χ0) is 23.0. The summed E-state index contributed by atoms with van der Waals surface area (Å²) in [6.45, 7) is 1.10. The Balaban J connectivity index is 1.63. The third-order valence-electron chi connectivity index (χ3n) is 6.24. The van der Waals surface area contributed by atoms with E-state index in [1.165, 1.54) is 48.9 Å². The summed E-state index contributed by atoms with van der Waals surface area (Å²) in [5.74, 6) is -0.476. The normalized spacial score (nSPS) is 18.5. The molecule has 2 aliphatic rings. The largest absolute Gasteiger partial charge is 0.496 e. The number of nitrogens with zero attached hydrogens (tertiary/aromatic N) is 1. The summed E-state index contributed by atoms with van der Waals surface area (Å²) < 4.78 is 38.0. The lowest BCUT2D eigenvalue weighted by Crippen LogP contribution is -2.33. The first-order valence-corrected chi connectivity index (χ1v) is 13.0. The van der Waals surface area contributed by atoms with Gasteiger partial charge in [-0.2, -0.15) is 4.31 Å². The summed E-state index contributed by atoms with van der Waals surface area (Å²) >= 11 is 0. The molecule has 2 fully saturated rings. The van der Waals surface area contributed by atoms with Crippen molar-refractivity contribution in [2.45, 2.75) is 62.7 Å². The molecule has 8 nitrogen and oxygen atoms in total. The van der Waals surface area contributed by atoms with Gasteiger partial charge in [-0.25, -0.2) is 13.2 Å². The molecule has 1 heterocycles. The van der Waals surface area contributed by atoms with E-state index in [0.29, 0.717) is 25.6 Å². The van der Waals surface area contributed by atoms with Crippen molar-refractivity contribution >= 4 is 21.9 Å². The monoisotopic (exact) mass is 466 g/mol. The van der Waals surface area contributed by atoms with Gasteiger partial charge in [0, 0.05) is 19.6 Å². The smallest absolute Gasteiger partial charge is 0.342 e. The maximum absolute atomic E-state index is 13.1. The first-order chi connectivity index (χ1) is 15.4. The van der Waals surface area contributed by atoms with Crippen molar-refractivity contribution in [3.8, 4) is 5.75 Å². The molecule has 0 radical (unpaired) electrons. The summed E-state index contributed by atoms with van der Waals surface area (Å²) in [4.78, 5) is 24.8.